The van der Waals surface area contributed by atoms with Crippen molar-refractivity contribution in [3.05, 3.63) is 29.3 Å². The third-order valence-corrected chi connectivity index (χ3v) is 7.99. The van der Waals surface area contributed by atoms with E-state index in [1.165, 1.54) is 4.31 Å². The molecular formula is C16H21N5O3S2. The number of amides is 1. The van der Waals surface area contributed by atoms with E-state index in [0.717, 1.165) is 29.9 Å². The minimum absolute atomic E-state index is 0.0815. The molecule has 4 rings (SSSR count). The van der Waals surface area contributed by atoms with Crippen LogP contribution in [-0.2, 0) is 21.9 Å². The SMILES string of the molecule is Cc1csc(S(=O)(=O)N2C[C@@H](C(=O)NC3CC3)[C@H](c3cn(C)cn3)C2)n1. The highest BCUT2D eigenvalue weighted by molar-refractivity contribution is 7.91. The average molecular weight is 396 g/mol. The maximum atomic E-state index is 12.9. The lowest BCUT2D eigenvalue weighted by atomic mass is 9.92. The lowest BCUT2D eigenvalue weighted by molar-refractivity contribution is -0.125. The highest BCUT2D eigenvalue weighted by Gasteiger charge is 2.45. The minimum atomic E-state index is -3.71. The second kappa shape index (κ2) is 6.43. The first kappa shape index (κ1) is 17.6. The van der Waals surface area contributed by atoms with Gasteiger partial charge in [-0.1, -0.05) is 0 Å². The lowest BCUT2D eigenvalue weighted by Crippen LogP contribution is -2.36. The van der Waals surface area contributed by atoms with Crippen LogP contribution in [0.3, 0.4) is 0 Å². The number of imidazole rings is 1. The standard InChI is InChI=1S/C16H21N5O3S2/c1-10-8-25-16(18-10)26(23,24)21-5-12(14-7-20(2)9-17-14)13(6-21)15(22)19-11-3-4-11/h7-9,11-13H,3-6H2,1-2H3,(H,19,22)/t12-,13-/m1/s1. The van der Waals surface area contributed by atoms with E-state index in [1.54, 1.807) is 18.6 Å². The number of carbonyl (C=O) groups excluding carboxylic acids is 1. The van der Waals surface area contributed by atoms with E-state index in [2.05, 4.69) is 15.3 Å². The molecular weight excluding hydrogens is 374 g/mol. The Labute approximate surface area is 156 Å². The van der Waals surface area contributed by atoms with Gasteiger partial charge in [0.1, 0.15) is 0 Å². The zero-order chi connectivity index (χ0) is 18.5. The summed E-state index contributed by atoms with van der Waals surface area (Å²) in [4.78, 5) is 21.2. The number of aryl methyl sites for hydroxylation is 2. The maximum Gasteiger partial charge on any atom is 0.270 e. The molecule has 1 amide bonds. The first-order valence-corrected chi connectivity index (χ1v) is 10.9. The van der Waals surface area contributed by atoms with Gasteiger partial charge in [0.2, 0.25) is 10.2 Å². The van der Waals surface area contributed by atoms with Crippen molar-refractivity contribution in [2.24, 2.45) is 13.0 Å². The maximum absolute atomic E-state index is 12.9. The van der Waals surface area contributed by atoms with Gasteiger partial charge in [-0.3, -0.25) is 4.79 Å². The van der Waals surface area contributed by atoms with Crippen molar-refractivity contribution < 1.29 is 13.2 Å². The van der Waals surface area contributed by atoms with Gasteiger partial charge in [-0.05, 0) is 19.8 Å². The van der Waals surface area contributed by atoms with E-state index in [9.17, 15) is 13.2 Å². The van der Waals surface area contributed by atoms with Crippen LogP contribution in [0.25, 0.3) is 0 Å². The van der Waals surface area contributed by atoms with Crippen molar-refractivity contribution in [2.75, 3.05) is 13.1 Å². The fraction of sp³-hybridized carbons (Fsp3) is 0.562. The molecule has 0 spiro atoms. The Morgan fingerprint density at radius 3 is 2.69 bits per heavy atom. The number of sulfonamides is 1. The summed E-state index contributed by atoms with van der Waals surface area (Å²) in [6.07, 6.45) is 5.51. The molecule has 2 atom stereocenters. The van der Waals surface area contributed by atoms with Crippen molar-refractivity contribution in [2.45, 2.75) is 36.1 Å². The Bertz CT molecular complexity index is 931. The second-order valence-electron chi connectivity index (χ2n) is 7.04. The molecule has 1 aliphatic heterocycles. The topological polar surface area (TPSA) is 97.2 Å². The molecule has 2 aromatic heterocycles. The first-order valence-electron chi connectivity index (χ1n) is 8.55. The van der Waals surface area contributed by atoms with Gasteiger partial charge in [0, 0.05) is 49.4 Å². The van der Waals surface area contributed by atoms with Crippen molar-refractivity contribution >= 4 is 27.3 Å². The van der Waals surface area contributed by atoms with Crippen LogP contribution in [-0.4, -0.2) is 52.3 Å². The van der Waals surface area contributed by atoms with Gasteiger partial charge in [-0.25, -0.2) is 18.4 Å². The van der Waals surface area contributed by atoms with Gasteiger partial charge >= 0.3 is 0 Å². The summed E-state index contributed by atoms with van der Waals surface area (Å²) < 4.78 is 29.2. The molecule has 140 valence electrons. The van der Waals surface area contributed by atoms with Crippen LogP contribution in [0.5, 0.6) is 0 Å². The van der Waals surface area contributed by atoms with Gasteiger partial charge in [0.05, 0.1) is 17.9 Å². The second-order valence-corrected chi connectivity index (χ2v) is 10.0. The van der Waals surface area contributed by atoms with Crippen LogP contribution in [0, 0.1) is 12.8 Å². The smallest absolute Gasteiger partial charge is 0.270 e. The normalized spacial score (nSPS) is 24.1. The zero-order valence-corrected chi connectivity index (χ0v) is 16.3. The van der Waals surface area contributed by atoms with Crippen molar-refractivity contribution in [1.82, 2.24) is 24.2 Å². The van der Waals surface area contributed by atoms with Crippen molar-refractivity contribution in [1.29, 1.82) is 0 Å². The van der Waals surface area contributed by atoms with E-state index in [-0.39, 0.29) is 35.3 Å². The molecule has 1 N–H and O–H groups in total. The molecule has 0 aromatic carbocycles. The number of nitrogens with one attached hydrogen (secondary N) is 1. The predicted molar refractivity (Wildman–Crippen MR) is 96.2 cm³/mol. The fourth-order valence-corrected chi connectivity index (χ4v) is 5.91. The molecule has 2 aliphatic rings. The quantitative estimate of drug-likeness (QED) is 0.810. The van der Waals surface area contributed by atoms with Crippen LogP contribution >= 0.6 is 11.3 Å². The summed E-state index contributed by atoms with van der Waals surface area (Å²) >= 11 is 1.11. The largest absolute Gasteiger partial charge is 0.353 e. The molecule has 3 heterocycles. The number of nitrogens with zero attached hydrogens (tertiary/aromatic N) is 4. The summed E-state index contributed by atoms with van der Waals surface area (Å²) in [5.41, 5.74) is 1.42. The van der Waals surface area contributed by atoms with Crippen molar-refractivity contribution in [3.63, 3.8) is 0 Å². The highest BCUT2D eigenvalue weighted by atomic mass is 32.2. The Balaban J connectivity index is 1.62. The minimum Gasteiger partial charge on any atom is -0.353 e. The van der Waals surface area contributed by atoms with Crippen LogP contribution in [0.4, 0.5) is 0 Å². The number of thiazole rings is 1. The third kappa shape index (κ3) is 3.28. The molecule has 0 unspecified atom stereocenters. The predicted octanol–water partition coefficient (Wildman–Crippen LogP) is 0.868. The van der Waals surface area contributed by atoms with Crippen LogP contribution in [0.1, 0.15) is 30.1 Å². The van der Waals surface area contributed by atoms with E-state index in [0.29, 0.717) is 5.69 Å². The highest BCUT2D eigenvalue weighted by Crippen LogP contribution is 2.36. The molecule has 1 saturated heterocycles. The van der Waals surface area contributed by atoms with E-state index in [1.807, 2.05) is 17.8 Å². The van der Waals surface area contributed by atoms with Crippen LogP contribution in [0.2, 0.25) is 0 Å². The Morgan fingerprint density at radius 1 is 1.35 bits per heavy atom. The van der Waals surface area contributed by atoms with E-state index >= 15 is 0 Å². The molecule has 26 heavy (non-hydrogen) atoms. The number of aromatic nitrogens is 3. The third-order valence-electron chi connectivity index (χ3n) is 4.81. The Hall–Kier alpha value is -1.78. The summed E-state index contributed by atoms with van der Waals surface area (Å²) in [6, 6.07) is 0.235. The van der Waals surface area contributed by atoms with Crippen molar-refractivity contribution in [3.8, 4) is 0 Å². The summed E-state index contributed by atoms with van der Waals surface area (Å²) in [5.74, 6) is -0.789. The van der Waals surface area contributed by atoms with E-state index in [4.69, 9.17) is 0 Å². The molecule has 8 nitrogen and oxygen atoms in total. The lowest BCUT2D eigenvalue weighted by Gasteiger charge is -2.16. The molecule has 2 aromatic rings. The van der Waals surface area contributed by atoms with Gasteiger partial charge in [0.15, 0.2) is 0 Å². The zero-order valence-electron chi connectivity index (χ0n) is 14.6. The van der Waals surface area contributed by atoms with Gasteiger partial charge in [-0.15, -0.1) is 11.3 Å². The summed E-state index contributed by atoms with van der Waals surface area (Å²) in [6.45, 7) is 2.16. The summed E-state index contributed by atoms with van der Waals surface area (Å²) in [5, 5.41) is 4.73. The van der Waals surface area contributed by atoms with Crippen LogP contribution in [0.15, 0.2) is 22.2 Å². The average Bonchev–Trinajstić information content (AvgIpc) is 3.01. The molecule has 1 saturated carbocycles. The van der Waals surface area contributed by atoms with Gasteiger partial charge < -0.3 is 9.88 Å². The first-order chi connectivity index (χ1) is 12.3. The molecule has 1 aliphatic carbocycles. The van der Waals surface area contributed by atoms with Gasteiger partial charge in [-0.2, -0.15) is 4.31 Å². The Morgan fingerprint density at radius 2 is 2.12 bits per heavy atom. The number of carbonyl (C=O) groups is 1. The number of hydrogen-bond acceptors (Lipinski definition) is 6. The number of rotatable bonds is 5. The van der Waals surface area contributed by atoms with E-state index < -0.39 is 15.9 Å². The molecule has 0 bridgehead atoms. The molecule has 2 fully saturated rings. The number of hydrogen-bond donors (Lipinski definition) is 1. The van der Waals surface area contributed by atoms with Crippen LogP contribution < -0.4 is 5.32 Å². The monoisotopic (exact) mass is 395 g/mol. The summed E-state index contributed by atoms with van der Waals surface area (Å²) in [7, 11) is -1.85. The van der Waals surface area contributed by atoms with Gasteiger partial charge in [0.25, 0.3) is 10.0 Å². The molecule has 0 radical (unpaired) electrons. The fourth-order valence-electron chi connectivity index (χ4n) is 3.25. The Kier molecular flexibility index (Phi) is 4.36. The molecule has 10 heteroatoms.